The predicted octanol–water partition coefficient (Wildman–Crippen LogP) is 5.94. The van der Waals surface area contributed by atoms with Gasteiger partial charge in [0.2, 0.25) is 11.7 Å². The third-order valence-corrected chi connectivity index (χ3v) is 6.73. The highest BCUT2D eigenvalue weighted by Gasteiger charge is 2.16. The fourth-order valence-electron chi connectivity index (χ4n) is 3.75. The zero-order valence-corrected chi connectivity index (χ0v) is 22.0. The van der Waals surface area contributed by atoms with E-state index in [2.05, 4.69) is 45.5 Å². The minimum Gasteiger partial charge on any atom is -0.497 e. The SMILES string of the molecule is COc1ccc(NC(=O)c2ccc(-c3ccc(-c4noc(C)n4)cc3C)cc2SCCN(C)C)cc1. The number of ether oxygens (including phenoxy) is 1. The zero-order valence-electron chi connectivity index (χ0n) is 21.2. The molecule has 7 nitrogen and oxygen atoms in total. The number of nitrogens with one attached hydrogen (secondary N) is 1. The number of aromatic nitrogens is 2. The summed E-state index contributed by atoms with van der Waals surface area (Å²) in [5.74, 6) is 2.59. The van der Waals surface area contributed by atoms with Gasteiger partial charge in [0.05, 0.1) is 12.7 Å². The normalized spacial score (nSPS) is 11.1. The highest BCUT2D eigenvalue weighted by Crippen LogP contribution is 2.33. The monoisotopic (exact) mass is 502 g/mol. The summed E-state index contributed by atoms with van der Waals surface area (Å²) in [4.78, 5) is 20.6. The molecule has 0 radical (unpaired) electrons. The molecule has 36 heavy (non-hydrogen) atoms. The number of nitrogens with zero attached hydrogens (tertiary/aromatic N) is 3. The van der Waals surface area contributed by atoms with Gasteiger partial charge in [-0.3, -0.25) is 4.79 Å². The zero-order chi connectivity index (χ0) is 25.7. The maximum absolute atomic E-state index is 13.2. The Hall–Kier alpha value is -3.62. The van der Waals surface area contributed by atoms with Gasteiger partial charge >= 0.3 is 0 Å². The number of hydrogen-bond donors (Lipinski definition) is 1. The van der Waals surface area contributed by atoms with Crippen molar-refractivity contribution >= 4 is 23.4 Å². The third-order valence-electron chi connectivity index (χ3n) is 5.69. The summed E-state index contributed by atoms with van der Waals surface area (Å²) >= 11 is 1.68. The second-order valence-corrected chi connectivity index (χ2v) is 9.85. The van der Waals surface area contributed by atoms with Gasteiger partial charge in [-0.05, 0) is 80.2 Å². The molecular formula is C28H30N4O3S. The fourth-order valence-corrected chi connectivity index (χ4v) is 4.95. The first-order valence-corrected chi connectivity index (χ1v) is 12.6. The number of rotatable bonds is 9. The van der Waals surface area contributed by atoms with E-state index in [1.165, 1.54) is 0 Å². The van der Waals surface area contributed by atoms with Crippen LogP contribution in [0, 0.1) is 13.8 Å². The third kappa shape index (κ3) is 6.13. The summed E-state index contributed by atoms with van der Waals surface area (Å²) in [7, 11) is 5.71. The summed E-state index contributed by atoms with van der Waals surface area (Å²) in [5.41, 5.74) is 5.51. The second kappa shape index (κ2) is 11.4. The van der Waals surface area contributed by atoms with Gasteiger partial charge in [0, 0.05) is 35.4 Å². The van der Waals surface area contributed by atoms with Crippen molar-refractivity contribution in [1.82, 2.24) is 15.0 Å². The van der Waals surface area contributed by atoms with E-state index in [9.17, 15) is 4.79 Å². The molecule has 1 N–H and O–H groups in total. The quantitative estimate of drug-likeness (QED) is 0.284. The maximum Gasteiger partial charge on any atom is 0.256 e. The molecule has 1 amide bonds. The first-order valence-electron chi connectivity index (χ1n) is 11.6. The molecule has 3 aromatic carbocycles. The molecule has 4 aromatic rings. The Morgan fingerprint density at radius 1 is 1.03 bits per heavy atom. The topological polar surface area (TPSA) is 80.5 Å². The van der Waals surface area contributed by atoms with Crippen molar-refractivity contribution in [1.29, 1.82) is 0 Å². The molecule has 0 bridgehead atoms. The molecule has 8 heteroatoms. The van der Waals surface area contributed by atoms with Gasteiger partial charge < -0.3 is 19.5 Å². The van der Waals surface area contributed by atoms with Crippen LogP contribution in [0.5, 0.6) is 5.75 Å². The van der Waals surface area contributed by atoms with Crippen LogP contribution in [0.25, 0.3) is 22.5 Å². The van der Waals surface area contributed by atoms with E-state index in [1.807, 2.05) is 56.6 Å². The molecule has 0 aliphatic carbocycles. The molecule has 0 unspecified atom stereocenters. The lowest BCUT2D eigenvalue weighted by molar-refractivity contribution is 0.102. The maximum atomic E-state index is 13.2. The van der Waals surface area contributed by atoms with E-state index in [0.29, 0.717) is 17.3 Å². The van der Waals surface area contributed by atoms with E-state index < -0.39 is 0 Å². The summed E-state index contributed by atoms with van der Waals surface area (Å²) in [6.45, 7) is 4.75. The van der Waals surface area contributed by atoms with Gasteiger partial charge in [-0.1, -0.05) is 23.4 Å². The number of thioether (sulfide) groups is 1. The number of anilines is 1. The number of amides is 1. The minimum absolute atomic E-state index is 0.140. The summed E-state index contributed by atoms with van der Waals surface area (Å²) in [5, 5.41) is 7.03. The Balaban J connectivity index is 1.63. The van der Waals surface area contributed by atoms with Crippen LogP contribution >= 0.6 is 11.8 Å². The summed E-state index contributed by atoms with van der Waals surface area (Å²) < 4.78 is 10.3. The lowest BCUT2D eigenvalue weighted by atomic mass is 9.97. The highest BCUT2D eigenvalue weighted by molar-refractivity contribution is 7.99. The molecule has 0 saturated carbocycles. The number of methoxy groups -OCH3 is 1. The summed E-state index contributed by atoms with van der Waals surface area (Å²) in [6, 6.07) is 19.4. The van der Waals surface area contributed by atoms with Crippen LogP contribution in [0.2, 0.25) is 0 Å². The molecule has 1 aromatic heterocycles. The van der Waals surface area contributed by atoms with Crippen LogP contribution in [0.3, 0.4) is 0 Å². The van der Waals surface area contributed by atoms with Gasteiger partial charge in [0.15, 0.2) is 0 Å². The van der Waals surface area contributed by atoms with E-state index in [-0.39, 0.29) is 5.91 Å². The summed E-state index contributed by atoms with van der Waals surface area (Å²) in [6.07, 6.45) is 0. The van der Waals surface area contributed by atoms with Crippen LogP contribution in [-0.4, -0.2) is 54.5 Å². The molecule has 0 aliphatic rings. The largest absolute Gasteiger partial charge is 0.497 e. The molecule has 0 aliphatic heterocycles. The number of benzene rings is 3. The van der Waals surface area contributed by atoms with E-state index in [0.717, 1.165) is 50.9 Å². The molecule has 0 spiro atoms. The number of hydrogen-bond acceptors (Lipinski definition) is 7. The van der Waals surface area contributed by atoms with Crippen molar-refractivity contribution in [2.45, 2.75) is 18.7 Å². The number of carbonyl (C=O) groups is 1. The Kier molecular flexibility index (Phi) is 8.07. The lowest BCUT2D eigenvalue weighted by Gasteiger charge is -2.15. The van der Waals surface area contributed by atoms with E-state index >= 15 is 0 Å². The molecular weight excluding hydrogens is 472 g/mol. The smallest absolute Gasteiger partial charge is 0.256 e. The Morgan fingerprint density at radius 3 is 2.42 bits per heavy atom. The standard InChI is InChI=1S/C28H30N4O3S/c1-18-16-21(27-29-19(2)35-31-27)7-12-24(18)20-6-13-25(26(17-20)36-15-14-32(3)4)28(33)30-22-8-10-23(34-5)11-9-22/h6-13,16-17H,14-15H2,1-5H3,(H,30,33). The van der Waals surface area contributed by atoms with Crippen LogP contribution in [0.15, 0.2) is 70.1 Å². The average molecular weight is 503 g/mol. The van der Waals surface area contributed by atoms with Crippen LogP contribution in [0.4, 0.5) is 5.69 Å². The first kappa shape index (κ1) is 25.5. The average Bonchev–Trinajstić information content (AvgIpc) is 3.30. The van der Waals surface area contributed by atoms with Gasteiger partial charge in [-0.2, -0.15) is 4.98 Å². The molecule has 0 saturated heterocycles. The molecule has 1 heterocycles. The number of aryl methyl sites for hydroxylation is 2. The van der Waals surface area contributed by atoms with Gasteiger partial charge in [0.25, 0.3) is 5.91 Å². The van der Waals surface area contributed by atoms with Crippen molar-refractivity contribution in [3.8, 4) is 28.3 Å². The van der Waals surface area contributed by atoms with Crippen LogP contribution in [-0.2, 0) is 0 Å². The van der Waals surface area contributed by atoms with Gasteiger partial charge in [0.1, 0.15) is 5.75 Å². The van der Waals surface area contributed by atoms with Crippen molar-refractivity contribution in [2.75, 3.05) is 38.8 Å². The first-order chi connectivity index (χ1) is 17.3. The molecule has 0 atom stereocenters. The Labute approximate surface area is 215 Å². The van der Waals surface area contributed by atoms with E-state index in [4.69, 9.17) is 9.26 Å². The predicted molar refractivity (Wildman–Crippen MR) is 145 cm³/mol. The fraction of sp³-hybridized carbons (Fsp3) is 0.250. The van der Waals surface area contributed by atoms with Crippen molar-refractivity contribution in [2.24, 2.45) is 0 Å². The second-order valence-electron chi connectivity index (χ2n) is 8.71. The molecule has 0 fully saturated rings. The molecule has 4 rings (SSSR count). The minimum atomic E-state index is -0.140. The highest BCUT2D eigenvalue weighted by atomic mass is 32.2. The van der Waals surface area contributed by atoms with E-state index in [1.54, 1.807) is 25.8 Å². The van der Waals surface area contributed by atoms with Crippen molar-refractivity contribution in [3.63, 3.8) is 0 Å². The lowest BCUT2D eigenvalue weighted by Crippen LogP contribution is -2.16. The number of carbonyl (C=O) groups excluding carboxylic acids is 1. The molecule has 186 valence electrons. The van der Waals surface area contributed by atoms with Crippen LogP contribution < -0.4 is 10.1 Å². The van der Waals surface area contributed by atoms with Gasteiger partial charge in [-0.25, -0.2) is 0 Å². The van der Waals surface area contributed by atoms with Crippen LogP contribution in [0.1, 0.15) is 21.8 Å². The van der Waals surface area contributed by atoms with Gasteiger partial charge in [-0.15, -0.1) is 11.8 Å². The van der Waals surface area contributed by atoms with Crippen molar-refractivity contribution in [3.05, 3.63) is 77.7 Å². The van der Waals surface area contributed by atoms with Crippen molar-refractivity contribution < 1.29 is 14.1 Å². The Bertz CT molecular complexity index is 1350. The Morgan fingerprint density at radius 2 is 1.78 bits per heavy atom.